The highest BCUT2D eigenvalue weighted by Crippen LogP contribution is 2.21. The van der Waals surface area contributed by atoms with Crippen molar-refractivity contribution in [1.82, 2.24) is 0 Å². The zero-order chi connectivity index (χ0) is 16.2. The molecule has 2 aromatic rings. The summed E-state index contributed by atoms with van der Waals surface area (Å²) in [4.78, 5) is 9.93. The van der Waals surface area contributed by atoms with Crippen LogP contribution >= 0.6 is 0 Å². The first-order chi connectivity index (χ1) is 10.4. The van der Waals surface area contributed by atoms with E-state index in [2.05, 4.69) is 4.72 Å². The lowest BCUT2D eigenvalue weighted by atomic mass is 10.3. The first kappa shape index (κ1) is 15.6. The second-order valence-corrected chi connectivity index (χ2v) is 5.40. The van der Waals surface area contributed by atoms with Crippen molar-refractivity contribution in [2.24, 2.45) is 0 Å². The van der Waals surface area contributed by atoms with Crippen molar-refractivity contribution in [1.29, 1.82) is 0 Å². The predicted octanol–water partition coefficient (Wildman–Crippen LogP) is 2.34. The van der Waals surface area contributed by atoms with Crippen LogP contribution in [0.4, 0.5) is 11.4 Å². The largest absolute Gasteiger partial charge is 0.497 e. The zero-order valence-corrected chi connectivity index (χ0v) is 12.2. The zero-order valence-electron chi connectivity index (χ0n) is 11.4. The monoisotopic (exact) mass is 324 g/mol. The van der Waals surface area contributed by atoms with E-state index in [1.54, 1.807) is 12.1 Å². The van der Waals surface area contributed by atoms with Gasteiger partial charge in [0.2, 0.25) is 0 Å². The van der Waals surface area contributed by atoms with Crippen molar-refractivity contribution < 1.29 is 22.3 Å². The normalized spacial score (nSPS) is 10.8. The Hall–Kier alpha value is -2.81. The van der Waals surface area contributed by atoms with E-state index in [1.165, 1.54) is 31.4 Å². The molecule has 0 aliphatic carbocycles. The molecule has 0 spiro atoms. The summed E-state index contributed by atoms with van der Waals surface area (Å²) >= 11 is 0. The Morgan fingerprint density at radius 2 is 1.77 bits per heavy atom. The van der Waals surface area contributed by atoms with E-state index in [0.29, 0.717) is 5.75 Å². The van der Waals surface area contributed by atoms with Gasteiger partial charge in [0, 0.05) is 18.2 Å². The van der Waals surface area contributed by atoms with Gasteiger partial charge in [0.1, 0.15) is 11.5 Å². The Balaban J connectivity index is 2.11. The summed E-state index contributed by atoms with van der Waals surface area (Å²) in [5.74, 6) is 0.441. The molecule has 2 aromatic carbocycles. The molecule has 0 atom stereocenters. The van der Waals surface area contributed by atoms with Gasteiger partial charge in [-0.05, 0) is 24.3 Å². The van der Waals surface area contributed by atoms with Gasteiger partial charge in [0.25, 0.3) is 5.69 Å². The summed E-state index contributed by atoms with van der Waals surface area (Å²) in [6.07, 6.45) is 0. The average Bonchev–Trinajstić information content (AvgIpc) is 2.47. The summed E-state index contributed by atoms with van der Waals surface area (Å²) in [7, 11) is -2.66. The van der Waals surface area contributed by atoms with E-state index in [1.807, 2.05) is 0 Å². The second kappa shape index (κ2) is 6.31. The SMILES string of the molecule is COc1cccc(NS(=O)(=O)Oc2ccc([N+](=O)[O-])cc2)c1. The molecule has 0 saturated carbocycles. The number of nitrogens with zero attached hydrogens (tertiary/aromatic N) is 1. The van der Waals surface area contributed by atoms with Crippen LogP contribution in [0.1, 0.15) is 0 Å². The molecule has 9 heteroatoms. The molecule has 0 fully saturated rings. The van der Waals surface area contributed by atoms with Crippen molar-refractivity contribution in [3.63, 3.8) is 0 Å². The summed E-state index contributed by atoms with van der Waals surface area (Å²) in [6.45, 7) is 0. The van der Waals surface area contributed by atoms with Crippen molar-refractivity contribution in [2.45, 2.75) is 0 Å². The van der Waals surface area contributed by atoms with Crippen molar-refractivity contribution in [2.75, 3.05) is 11.8 Å². The van der Waals surface area contributed by atoms with Crippen LogP contribution < -0.4 is 13.6 Å². The molecule has 0 amide bonds. The highest BCUT2D eigenvalue weighted by atomic mass is 32.2. The topological polar surface area (TPSA) is 108 Å². The maximum Gasteiger partial charge on any atom is 0.407 e. The van der Waals surface area contributed by atoms with Gasteiger partial charge in [0.05, 0.1) is 17.7 Å². The van der Waals surface area contributed by atoms with E-state index in [-0.39, 0.29) is 17.1 Å². The summed E-state index contributed by atoms with van der Waals surface area (Å²) in [6, 6.07) is 11.0. The molecule has 22 heavy (non-hydrogen) atoms. The fourth-order valence-electron chi connectivity index (χ4n) is 1.60. The van der Waals surface area contributed by atoms with Gasteiger partial charge >= 0.3 is 10.3 Å². The maximum atomic E-state index is 11.9. The van der Waals surface area contributed by atoms with E-state index in [4.69, 9.17) is 8.92 Å². The van der Waals surface area contributed by atoms with Gasteiger partial charge in [-0.1, -0.05) is 6.07 Å². The molecule has 0 bridgehead atoms. The summed E-state index contributed by atoms with van der Waals surface area (Å²) in [5.41, 5.74) is 0.103. The van der Waals surface area contributed by atoms with Crippen LogP contribution in [0.2, 0.25) is 0 Å². The fraction of sp³-hybridized carbons (Fsp3) is 0.0769. The minimum atomic E-state index is -4.12. The van der Waals surface area contributed by atoms with Crippen LogP contribution in [0.25, 0.3) is 0 Å². The van der Waals surface area contributed by atoms with Gasteiger partial charge in [-0.2, -0.15) is 8.42 Å². The molecule has 0 unspecified atom stereocenters. The van der Waals surface area contributed by atoms with Crippen LogP contribution in [0.5, 0.6) is 11.5 Å². The number of hydrogen-bond acceptors (Lipinski definition) is 6. The summed E-state index contributed by atoms with van der Waals surface area (Å²) in [5, 5.41) is 10.5. The highest BCUT2D eigenvalue weighted by molar-refractivity contribution is 7.88. The third kappa shape index (κ3) is 4.09. The third-order valence-corrected chi connectivity index (χ3v) is 3.46. The maximum absolute atomic E-state index is 11.9. The standard InChI is InChI=1S/C13H12N2O6S/c1-20-13-4-2-3-10(9-13)14-22(18,19)21-12-7-5-11(6-8-12)15(16)17/h2-9,14H,1H3. The fourth-order valence-corrected chi connectivity index (χ4v) is 2.42. The van der Waals surface area contributed by atoms with Crippen molar-refractivity contribution >= 4 is 21.7 Å². The first-order valence-electron chi connectivity index (χ1n) is 6.00. The number of methoxy groups -OCH3 is 1. The van der Waals surface area contributed by atoms with Crippen LogP contribution in [0, 0.1) is 10.1 Å². The van der Waals surface area contributed by atoms with E-state index in [9.17, 15) is 18.5 Å². The minimum Gasteiger partial charge on any atom is -0.497 e. The third-order valence-electron chi connectivity index (χ3n) is 2.57. The van der Waals surface area contributed by atoms with Gasteiger partial charge in [-0.15, -0.1) is 0 Å². The number of hydrogen-bond donors (Lipinski definition) is 1. The number of anilines is 1. The highest BCUT2D eigenvalue weighted by Gasteiger charge is 2.14. The smallest absolute Gasteiger partial charge is 0.407 e. The Morgan fingerprint density at radius 1 is 1.09 bits per heavy atom. The number of benzene rings is 2. The van der Waals surface area contributed by atoms with Crippen LogP contribution in [-0.2, 0) is 10.3 Å². The summed E-state index contributed by atoms with van der Waals surface area (Å²) < 4.78 is 35.8. The lowest BCUT2D eigenvalue weighted by Gasteiger charge is -2.09. The molecule has 1 N–H and O–H groups in total. The average molecular weight is 324 g/mol. The molecule has 8 nitrogen and oxygen atoms in total. The Kier molecular flexibility index (Phi) is 4.47. The van der Waals surface area contributed by atoms with Gasteiger partial charge in [-0.25, -0.2) is 0 Å². The van der Waals surface area contributed by atoms with Gasteiger partial charge in [0.15, 0.2) is 0 Å². The van der Waals surface area contributed by atoms with Gasteiger partial charge < -0.3 is 8.92 Å². The van der Waals surface area contributed by atoms with Gasteiger partial charge in [-0.3, -0.25) is 14.8 Å². The molecule has 116 valence electrons. The van der Waals surface area contributed by atoms with Crippen LogP contribution in [0.15, 0.2) is 48.5 Å². The lowest BCUT2D eigenvalue weighted by Crippen LogP contribution is -2.19. The molecule has 0 aliphatic heterocycles. The molecule has 2 rings (SSSR count). The van der Waals surface area contributed by atoms with E-state index >= 15 is 0 Å². The Morgan fingerprint density at radius 3 is 2.36 bits per heavy atom. The quantitative estimate of drug-likeness (QED) is 0.645. The predicted molar refractivity (Wildman–Crippen MR) is 79.3 cm³/mol. The molecular weight excluding hydrogens is 312 g/mol. The minimum absolute atomic E-state index is 0.0407. The number of nitro groups is 1. The second-order valence-electron chi connectivity index (χ2n) is 4.12. The van der Waals surface area contributed by atoms with Crippen LogP contribution in [0.3, 0.4) is 0 Å². The lowest BCUT2D eigenvalue weighted by molar-refractivity contribution is -0.384. The molecular formula is C13H12N2O6S. The molecule has 0 heterocycles. The molecule has 0 radical (unpaired) electrons. The van der Waals surface area contributed by atoms with E-state index < -0.39 is 15.2 Å². The number of nitro benzene ring substituents is 1. The number of ether oxygens (including phenoxy) is 1. The number of rotatable bonds is 6. The first-order valence-corrected chi connectivity index (χ1v) is 7.41. The molecule has 0 aromatic heterocycles. The van der Waals surface area contributed by atoms with Crippen LogP contribution in [-0.4, -0.2) is 20.5 Å². The van der Waals surface area contributed by atoms with Crippen molar-refractivity contribution in [3.8, 4) is 11.5 Å². The molecule has 0 saturated heterocycles. The molecule has 0 aliphatic rings. The van der Waals surface area contributed by atoms with E-state index in [0.717, 1.165) is 12.1 Å². The number of nitrogens with one attached hydrogen (secondary N) is 1. The van der Waals surface area contributed by atoms with Crippen molar-refractivity contribution in [3.05, 3.63) is 58.6 Å². The number of non-ortho nitro benzene ring substituents is 1. The Labute approximate surface area is 126 Å². The Bertz CT molecular complexity index is 773.